The van der Waals surface area contributed by atoms with Crippen molar-refractivity contribution in [2.75, 3.05) is 10.6 Å². The maximum absolute atomic E-state index is 13.0. The van der Waals surface area contributed by atoms with Gasteiger partial charge in [-0.15, -0.1) is 0 Å². The molecule has 3 amide bonds. The molecule has 0 unspecified atom stereocenters. The molecule has 2 aromatic carbocycles. The minimum atomic E-state index is -0.681. The Morgan fingerprint density at radius 2 is 1.78 bits per heavy atom. The van der Waals surface area contributed by atoms with Crippen molar-refractivity contribution in [3.8, 4) is 11.3 Å². The first-order chi connectivity index (χ1) is 13.0. The third-order valence-corrected chi connectivity index (χ3v) is 3.66. The van der Waals surface area contributed by atoms with Crippen molar-refractivity contribution in [2.45, 2.75) is 12.8 Å². The van der Waals surface area contributed by atoms with Gasteiger partial charge in [0.05, 0.1) is 6.20 Å². The van der Waals surface area contributed by atoms with Crippen LogP contribution < -0.4 is 16.4 Å². The Morgan fingerprint density at radius 3 is 2.48 bits per heavy atom. The highest BCUT2D eigenvalue weighted by Gasteiger charge is 2.10. The van der Waals surface area contributed by atoms with Crippen LogP contribution in [0.5, 0.6) is 0 Å². The van der Waals surface area contributed by atoms with E-state index in [1.165, 1.54) is 12.1 Å². The second-order valence-electron chi connectivity index (χ2n) is 5.74. The minimum Gasteiger partial charge on any atom is -0.441 e. The van der Waals surface area contributed by atoms with Gasteiger partial charge in [-0.05, 0) is 42.5 Å². The molecule has 0 aliphatic rings. The smallest absolute Gasteiger partial charge is 0.316 e. The van der Waals surface area contributed by atoms with Crippen LogP contribution in [-0.2, 0) is 11.2 Å². The van der Waals surface area contributed by atoms with Crippen molar-refractivity contribution in [3.05, 3.63) is 66.4 Å². The lowest BCUT2D eigenvalue weighted by Crippen LogP contribution is -2.19. The van der Waals surface area contributed by atoms with Crippen LogP contribution in [0.4, 0.5) is 20.6 Å². The maximum atomic E-state index is 13.0. The molecule has 0 spiro atoms. The van der Waals surface area contributed by atoms with Crippen LogP contribution in [0.2, 0.25) is 0 Å². The molecule has 7 nitrogen and oxygen atoms in total. The number of halogens is 1. The van der Waals surface area contributed by atoms with Crippen LogP contribution in [0.15, 0.2) is 59.1 Å². The average molecular weight is 368 g/mol. The Morgan fingerprint density at radius 1 is 1.07 bits per heavy atom. The second-order valence-corrected chi connectivity index (χ2v) is 5.74. The van der Waals surface area contributed by atoms with E-state index in [0.717, 1.165) is 0 Å². The Balaban J connectivity index is 1.55. The molecule has 0 aliphatic heterocycles. The van der Waals surface area contributed by atoms with Crippen LogP contribution in [0.1, 0.15) is 12.3 Å². The topological polar surface area (TPSA) is 110 Å². The molecule has 0 atom stereocenters. The van der Waals surface area contributed by atoms with Crippen LogP contribution in [0, 0.1) is 5.82 Å². The summed E-state index contributed by atoms with van der Waals surface area (Å²) in [4.78, 5) is 27.1. The number of primary amides is 1. The van der Waals surface area contributed by atoms with Crippen LogP contribution in [-0.4, -0.2) is 16.9 Å². The van der Waals surface area contributed by atoms with Crippen molar-refractivity contribution in [1.82, 2.24) is 4.98 Å². The molecule has 8 heteroatoms. The average Bonchev–Trinajstić information content (AvgIpc) is 3.09. The zero-order chi connectivity index (χ0) is 19.2. The quantitative estimate of drug-likeness (QED) is 0.618. The van der Waals surface area contributed by atoms with Gasteiger partial charge in [-0.25, -0.2) is 14.2 Å². The molecule has 0 saturated carbocycles. The summed E-state index contributed by atoms with van der Waals surface area (Å²) < 4.78 is 18.6. The van der Waals surface area contributed by atoms with Crippen molar-refractivity contribution < 1.29 is 18.4 Å². The van der Waals surface area contributed by atoms with E-state index in [2.05, 4.69) is 15.6 Å². The molecule has 4 N–H and O–H groups in total. The van der Waals surface area contributed by atoms with Crippen molar-refractivity contribution in [1.29, 1.82) is 0 Å². The highest BCUT2D eigenvalue weighted by molar-refractivity contribution is 5.93. The van der Waals surface area contributed by atoms with E-state index in [9.17, 15) is 14.0 Å². The summed E-state index contributed by atoms with van der Waals surface area (Å²) in [7, 11) is 0. The molecule has 0 aliphatic carbocycles. The molecular formula is C19H17FN4O3. The summed E-state index contributed by atoms with van der Waals surface area (Å²) in [6, 6.07) is 11.8. The molecule has 1 heterocycles. The SMILES string of the molecule is NC(=O)Nc1cccc(NC(=O)CCc2ncc(-c3ccc(F)cc3)o2)c1. The van der Waals surface area contributed by atoms with E-state index >= 15 is 0 Å². The van der Waals surface area contributed by atoms with Crippen molar-refractivity contribution in [2.24, 2.45) is 5.73 Å². The predicted molar refractivity (Wildman–Crippen MR) is 98.5 cm³/mol. The number of nitrogens with zero attached hydrogens (tertiary/aromatic N) is 1. The van der Waals surface area contributed by atoms with Gasteiger partial charge >= 0.3 is 6.03 Å². The monoisotopic (exact) mass is 368 g/mol. The zero-order valence-electron chi connectivity index (χ0n) is 14.2. The normalized spacial score (nSPS) is 10.4. The second kappa shape index (κ2) is 8.13. The number of hydrogen-bond donors (Lipinski definition) is 3. The van der Waals surface area contributed by atoms with Crippen molar-refractivity contribution >= 4 is 23.3 Å². The number of anilines is 2. The van der Waals surface area contributed by atoms with E-state index in [-0.39, 0.29) is 18.1 Å². The fourth-order valence-corrected chi connectivity index (χ4v) is 2.43. The number of nitrogens with one attached hydrogen (secondary N) is 2. The van der Waals surface area contributed by atoms with E-state index in [0.29, 0.717) is 35.0 Å². The Hall–Kier alpha value is -3.68. The molecule has 0 fully saturated rings. The number of rotatable bonds is 6. The first-order valence-corrected chi connectivity index (χ1v) is 8.16. The predicted octanol–water partition coefficient (Wildman–Crippen LogP) is 3.54. The molecule has 0 bridgehead atoms. The highest BCUT2D eigenvalue weighted by atomic mass is 19.1. The number of aromatic nitrogens is 1. The Kier molecular flexibility index (Phi) is 5.46. The number of urea groups is 1. The fraction of sp³-hybridized carbons (Fsp3) is 0.105. The molecule has 1 aromatic heterocycles. The van der Waals surface area contributed by atoms with Gasteiger partial charge in [-0.1, -0.05) is 6.07 Å². The lowest BCUT2D eigenvalue weighted by molar-refractivity contribution is -0.116. The summed E-state index contributed by atoms with van der Waals surface area (Å²) in [5.74, 6) is 0.363. The molecular weight excluding hydrogens is 351 g/mol. The lowest BCUT2D eigenvalue weighted by Gasteiger charge is -2.07. The number of hydrogen-bond acceptors (Lipinski definition) is 4. The summed E-state index contributed by atoms with van der Waals surface area (Å²) >= 11 is 0. The number of nitrogens with two attached hydrogens (primary N) is 1. The number of carbonyl (C=O) groups excluding carboxylic acids is 2. The largest absolute Gasteiger partial charge is 0.441 e. The van der Waals surface area contributed by atoms with Gasteiger partial charge in [0.25, 0.3) is 0 Å². The van der Waals surface area contributed by atoms with Gasteiger partial charge in [0.15, 0.2) is 11.7 Å². The van der Waals surface area contributed by atoms with Gasteiger partial charge in [0.2, 0.25) is 5.91 Å². The molecule has 27 heavy (non-hydrogen) atoms. The first-order valence-electron chi connectivity index (χ1n) is 8.16. The summed E-state index contributed by atoms with van der Waals surface area (Å²) in [6.07, 6.45) is 2.02. The summed E-state index contributed by atoms with van der Waals surface area (Å²) in [5, 5.41) is 5.17. The van der Waals surface area contributed by atoms with E-state index < -0.39 is 6.03 Å². The van der Waals surface area contributed by atoms with E-state index in [1.54, 1.807) is 42.6 Å². The van der Waals surface area contributed by atoms with Crippen LogP contribution >= 0.6 is 0 Å². The van der Waals surface area contributed by atoms with Gasteiger partial charge in [-0.2, -0.15) is 0 Å². The first kappa shape index (κ1) is 18.1. The molecule has 0 saturated heterocycles. The molecule has 0 radical (unpaired) electrons. The zero-order valence-corrected chi connectivity index (χ0v) is 14.2. The summed E-state index contributed by atoms with van der Waals surface area (Å²) in [5.41, 5.74) is 6.79. The molecule has 138 valence electrons. The van der Waals surface area contributed by atoms with E-state index in [4.69, 9.17) is 10.2 Å². The standard InChI is InChI=1S/C19H17FN4O3/c20-13-6-4-12(5-7-13)16-11-22-18(27-16)9-8-17(25)23-14-2-1-3-15(10-14)24-19(21)26/h1-7,10-11H,8-9H2,(H,23,25)(H3,21,24,26). The number of amides is 3. The van der Waals surface area contributed by atoms with Crippen molar-refractivity contribution in [3.63, 3.8) is 0 Å². The highest BCUT2D eigenvalue weighted by Crippen LogP contribution is 2.21. The summed E-state index contributed by atoms with van der Waals surface area (Å²) in [6.45, 7) is 0. The third-order valence-electron chi connectivity index (χ3n) is 3.66. The number of carbonyl (C=O) groups is 2. The number of aryl methyl sites for hydroxylation is 1. The number of oxazole rings is 1. The van der Waals surface area contributed by atoms with Gasteiger partial charge in [0.1, 0.15) is 5.82 Å². The third kappa shape index (κ3) is 5.15. The fourth-order valence-electron chi connectivity index (χ4n) is 2.43. The van der Waals surface area contributed by atoms with Gasteiger partial charge in [-0.3, -0.25) is 4.79 Å². The Labute approximate surface area is 154 Å². The molecule has 3 rings (SSSR count). The maximum Gasteiger partial charge on any atom is 0.316 e. The van der Waals surface area contributed by atoms with Gasteiger partial charge < -0.3 is 20.8 Å². The van der Waals surface area contributed by atoms with E-state index in [1.807, 2.05) is 0 Å². The number of benzene rings is 2. The van der Waals surface area contributed by atoms with Crippen LogP contribution in [0.25, 0.3) is 11.3 Å². The molecule has 3 aromatic rings. The Bertz CT molecular complexity index is 954. The lowest BCUT2D eigenvalue weighted by atomic mass is 10.2. The van der Waals surface area contributed by atoms with Crippen LogP contribution in [0.3, 0.4) is 0 Å². The minimum absolute atomic E-state index is 0.164. The van der Waals surface area contributed by atoms with Gasteiger partial charge in [0, 0.05) is 29.8 Å².